The molecule has 0 amide bonds. The summed E-state index contributed by atoms with van der Waals surface area (Å²) < 4.78 is 0. The second kappa shape index (κ2) is 36.4. The Morgan fingerprint density at radius 2 is 0.530 bits per heavy atom. The van der Waals surface area contributed by atoms with Crippen LogP contribution in [-0.4, -0.2) is 0 Å². The molecule has 100 heavy (non-hydrogen) atoms. The van der Waals surface area contributed by atoms with Crippen LogP contribution in [0, 0.1) is 20.8 Å². The zero-order valence-corrected chi connectivity index (χ0v) is 65.6. The van der Waals surface area contributed by atoms with Gasteiger partial charge in [-0.05, 0) is 220 Å². The van der Waals surface area contributed by atoms with Gasteiger partial charge >= 0.3 is 0 Å². The van der Waals surface area contributed by atoms with Crippen LogP contribution >= 0.6 is 11.6 Å². The minimum Gasteiger partial charge on any atom is -0.381 e. The molecule has 4 saturated carbocycles. The monoisotopic (exact) mass is 1360 g/mol. The van der Waals surface area contributed by atoms with Crippen molar-refractivity contribution >= 4 is 34.4 Å². The maximum absolute atomic E-state index is 6.29. The normalized spacial score (nSPS) is 16.0. The number of hydrogen-bond acceptors (Lipinski definition) is 4. The van der Waals surface area contributed by atoms with E-state index in [0.29, 0.717) is 5.92 Å². The first-order valence-corrected chi connectivity index (χ1v) is 39.6. The molecule has 8 aromatic carbocycles. The summed E-state index contributed by atoms with van der Waals surface area (Å²) in [5, 5.41) is 15.7. The third-order valence-corrected chi connectivity index (χ3v) is 22.5. The Morgan fingerprint density at radius 3 is 0.790 bits per heavy atom. The predicted molar refractivity (Wildman–Crippen MR) is 438 cm³/mol. The van der Waals surface area contributed by atoms with Crippen LogP contribution in [-0.2, 0) is 47.8 Å². The van der Waals surface area contributed by atoms with Crippen molar-refractivity contribution in [2.24, 2.45) is 0 Å². The molecule has 0 aliphatic heterocycles. The van der Waals surface area contributed by atoms with Gasteiger partial charge in [-0.1, -0.05) is 322 Å². The van der Waals surface area contributed by atoms with Crippen molar-refractivity contribution < 1.29 is 0 Å². The second-order valence-electron chi connectivity index (χ2n) is 34.5. The average molecular weight is 1360 g/mol. The molecule has 4 N–H and O–H groups in total. The minimum atomic E-state index is 0.187. The summed E-state index contributed by atoms with van der Waals surface area (Å²) in [6.45, 7) is 37.5. The summed E-state index contributed by atoms with van der Waals surface area (Å²) in [7, 11) is 0. The third kappa shape index (κ3) is 23.4. The smallest absolute Gasteiger partial charge is 0.0438 e. The molecule has 536 valence electrons. The van der Waals surface area contributed by atoms with Crippen molar-refractivity contribution in [3.63, 3.8) is 0 Å². The van der Waals surface area contributed by atoms with Gasteiger partial charge in [0.15, 0.2) is 0 Å². The van der Waals surface area contributed by atoms with E-state index in [4.69, 9.17) is 11.6 Å². The Balaban J connectivity index is 0.000000156. The van der Waals surface area contributed by atoms with Crippen molar-refractivity contribution in [1.29, 1.82) is 0 Å². The molecule has 0 spiro atoms. The molecule has 4 aliphatic rings. The second-order valence-corrected chi connectivity index (χ2v) is 34.9. The molecule has 0 bridgehead atoms. The lowest BCUT2D eigenvalue weighted by atomic mass is 9.79. The number of aryl methyl sites for hydroxylation is 3. The number of halogens is 1. The van der Waals surface area contributed by atoms with Crippen LogP contribution in [0.4, 0.5) is 22.7 Å². The molecule has 5 heteroatoms. The Kier molecular flexibility index (Phi) is 28.2. The van der Waals surface area contributed by atoms with E-state index < -0.39 is 0 Å². The lowest BCUT2D eigenvalue weighted by Crippen LogP contribution is -2.15. The first kappa shape index (κ1) is 77.4. The highest BCUT2D eigenvalue weighted by atomic mass is 35.5. The lowest BCUT2D eigenvalue weighted by Gasteiger charge is -2.28. The summed E-state index contributed by atoms with van der Waals surface area (Å²) in [5.74, 6) is 2.85. The molecule has 0 radical (unpaired) electrons. The van der Waals surface area contributed by atoms with Gasteiger partial charge in [0, 0.05) is 54.0 Å². The van der Waals surface area contributed by atoms with Gasteiger partial charge < -0.3 is 21.3 Å². The topological polar surface area (TPSA) is 48.1 Å². The van der Waals surface area contributed by atoms with Crippen LogP contribution in [0.3, 0.4) is 0 Å². The number of nitrogens with one attached hydrogen (secondary N) is 4. The van der Waals surface area contributed by atoms with E-state index in [0.717, 1.165) is 54.5 Å². The SMILES string of the molecule is CC(C)(C)c1ccc(NCc2ccccc2)c(C2CCCCC2)c1.Cc1ccc(CNc2ccc(C(C)(C)C)cc2C2CCCCC2)cc1.Cc1ccc(CNc2ccc(C(C)(C)C)cc2C2CCCCC2)cc1.Cc1ccc(CNc2ccc(C(C)(C)C)cc2C2CCCCC2)cc1Cl. The number of benzene rings is 8. The summed E-state index contributed by atoms with van der Waals surface area (Å²) in [6, 6.07) is 63.1. The first-order valence-electron chi connectivity index (χ1n) is 39.2. The van der Waals surface area contributed by atoms with E-state index in [1.807, 2.05) is 6.92 Å². The van der Waals surface area contributed by atoms with Gasteiger partial charge in [-0.2, -0.15) is 0 Å². The number of rotatable bonds is 16. The van der Waals surface area contributed by atoms with Gasteiger partial charge in [0.25, 0.3) is 0 Å². The molecule has 12 rings (SSSR count). The van der Waals surface area contributed by atoms with E-state index in [2.05, 4.69) is 288 Å². The number of hydrogen-bond donors (Lipinski definition) is 4. The molecule has 4 aliphatic carbocycles. The summed E-state index contributed by atoms with van der Waals surface area (Å²) in [4.78, 5) is 0. The maximum Gasteiger partial charge on any atom is 0.0438 e. The van der Waals surface area contributed by atoms with Gasteiger partial charge in [-0.15, -0.1) is 0 Å². The minimum absolute atomic E-state index is 0.187. The molecule has 0 unspecified atom stereocenters. The quantitative estimate of drug-likeness (QED) is 0.0779. The highest BCUT2D eigenvalue weighted by Gasteiger charge is 2.27. The maximum atomic E-state index is 6.29. The summed E-state index contributed by atoms with van der Waals surface area (Å²) in [5.41, 5.74) is 27.1. The molecule has 4 nitrogen and oxygen atoms in total. The summed E-state index contributed by atoms with van der Waals surface area (Å²) in [6.07, 6.45) is 27.3. The molecule has 4 fully saturated rings. The van der Waals surface area contributed by atoms with Crippen LogP contribution in [0.15, 0.2) is 170 Å². The molecule has 0 atom stereocenters. The summed E-state index contributed by atoms with van der Waals surface area (Å²) >= 11 is 6.29. The van der Waals surface area contributed by atoms with Crippen LogP contribution in [0.1, 0.15) is 319 Å². The average Bonchev–Trinajstić information content (AvgIpc) is 0.853. The Bertz CT molecular complexity index is 3640. The van der Waals surface area contributed by atoms with Gasteiger partial charge in [0.2, 0.25) is 0 Å². The first-order chi connectivity index (χ1) is 47.7. The standard InChI is InChI=1S/C24H32ClN.2C24H33N.C23H31N/c1-17-10-11-18(14-22(17)25)16-26-23-13-12-20(24(2,3)4)15-21(23)19-8-6-5-7-9-19;2*1-18-10-12-19(13-11-18)17-25-23-15-14-21(24(2,3)4)16-22(23)20-8-6-5-7-9-20;1-23(2,3)20-14-15-22(24-17-18-10-6-4-7-11-18)21(16-20)19-12-8-5-9-13-19/h10-15,19,26H,5-9,16H2,1-4H3;2*10-16,20,25H,5-9,17H2,1-4H3;4,6-7,10-11,14-16,19,24H,5,8-9,12-13,17H2,1-3H3. The van der Waals surface area contributed by atoms with Gasteiger partial charge in [0.1, 0.15) is 0 Å². The van der Waals surface area contributed by atoms with Crippen LogP contribution < -0.4 is 21.3 Å². The fourth-order valence-corrected chi connectivity index (χ4v) is 15.5. The van der Waals surface area contributed by atoms with Crippen molar-refractivity contribution in [2.45, 2.75) is 304 Å². The van der Waals surface area contributed by atoms with E-state index in [-0.39, 0.29) is 21.7 Å². The highest BCUT2D eigenvalue weighted by molar-refractivity contribution is 6.31. The molecular weight excluding hydrogens is 1230 g/mol. The molecular formula is C95H129ClN4. The Hall–Kier alpha value is -6.75. The van der Waals surface area contributed by atoms with E-state index in [9.17, 15) is 0 Å². The van der Waals surface area contributed by atoms with Gasteiger partial charge in [0.05, 0.1) is 0 Å². The molecule has 8 aromatic rings. The number of anilines is 4. The molecule has 0 saturated heterocycles. The fourth-order valence-electron chi connectivity index (χ4n) is 15.3. The Morgan fingerprint density at radius 1 is 0.280 bits per heavy atom. The van der Waals surface area contributed by atoms with Crippen LogP contribution in [0.5, 0.6) is 0 Å². The molecule has 0 aromatic heterocycles. The van der Waals surface area contributed by atoms with E-state index in [1.54, 1.807) is 11.1 Å². The fraction of sp³-hybridized carbons (Fsp3) is 0.495. The zero-order valence-electron chi connectivity index (χ0n) is 64.8. The van der Waals surface area contributed by atoms with Crippen molar-refractivity contribution in [3.05, 3.63) is 258 Å². The molecule has 0 heterocycles. The third-order valence-electron chi connectivity index (χ3n) is 22.1. The zero-order chi connectivity index (χ0) is 71.5. The highest BCUT2D eigenvalue weighted by Crippen LogP contribution is 2.44. The van der Waals surface area contributed by atoms with Crippen molar-refractivity contribution in [2.75, 3.05) is 21.3 Å². The van der Waals surface area contributed by atoms with Crippen LogP contribution in [0.2, 0.25) is 5.02 Å². The van der Waals surface area contributed by atoms with Crippen molar-refractivity contribution in [1.82, 2.24) is 0 Å². The van der Waals surface area contributed by atoms with Crippen molar-refractivity contribution in [3.8, 4) is 0 Å². The van der Waals surface area contributed by atoms with E-state index >= 15 is 0 Å². The predicted octanol–water partition coefficient (Wildman–Crippen LogP) is 28.2. The van der Waals surface area contributed by atoms with Gasteiger partial charge in [-0.25, -0.2) is 0 Å². The van der Waals surface area contributed by atoms with Crippen LogP contribution in [0.25, 0.3) is 0 Å². The lowest BCUT2D eigenvalue weighted by molar-refractivity contribution is 0.443. The Labute approximate surface area is 613 Å². The van der Waals surface area contributed by atoms with E-state index in [1.165, 1.54) is 218 Å². The largest absolute Gasteiger partial charge is 0.381 e. The van der Waals surface area contributed by atoms with Gasteiger partial charge in [-0.3, -0.25) is 0 Å².